The first-order valence-electron chi connectivity index (χ1n) is 5.15. The molecule has 100 valence electrons. The number of hydrogen-bond acceptors (Lipinski definition) is 4. The van der Waals surface area contributed by atoms with E-state index in [4.69, 9.17) is 16.1 Å². The molecule has 0 saturated heterocycles. The molecule has 0 radical (unpaired) electrons. The van der Waals surface area contributed by atoms with Gasteiger partial charge in [-0.25, -0.2) is 0 Å². The summed E-state index contributed by atoms with van der Waals surface area (Å²) in [5, 5.41) is 0.445. The predicted molar refractivity (Wildman–Crippen MR) is 88.2 cm³/mol. The first kappa shape index (κ1) is 16.5. The summed E-state index contributed by atoms with van der Waals surface area (Å²) in [5.41, 5.74) is 0. The molecule has 0 spiro atoms. The van der Waals surface area contributed by atoms with E-state index in [9.17, 15) is 4.57 Å². The highest BCUT2D eigenvalue weighted by atomic mass is 79.9. The van der Waals surface area contributed by atoms with Crippen molar-refractivity contribution in [3.05, 3.63) is 40.3 Å². The lowest BCUT2D eigenvalue weighted by molar-refractivity contribution is 0.515. The maximum Gasteiger partial charge on any atom is 0.360 e. The van der Waals surface area contributed by atoms with E-state index >= 15 is 0 Å². The van der Waals surface area contributed by atoms with E-state index in [1.807, 2.05) is 6.92 Å². The van der Waals surface area contributed by atoms with Crippen LogP contribution in [0.1, 0.15) is 6.92 Å². The van der Waals surface area contributed by atoms with Crippen LogP contribution >= 0.6 is 56.1 Å². The van der Waals surface area contributed by atoms with Crippen LogP contribution in [0.4, 0.5) is 0 Å². The summed E-state index contributed by atoms with van der Waals surface area (Å²) in [7, 11) is 0. The summed E-state index contributed by atoms with van der Waals surface area (Å²) in [6.45, 7) is 5.56. The van der Waals surface area contributed by atoms with E-state index in [-0.39, 0.29) is 0 Å². The molecule has 0 aliphatic rings. The maximum atomic E-state index is 12.6. The molecule has 0 N–H and O–H groups in total. The van der Waals surface area contributed by atoms with Gasteiger partial charge in [-0.05, 0) is 41.0 Å². The molecule has 1 atom stereocenters. The summed E-state index contributed by atoms with van der Waals surface area (Å²) < 4.78 is 19.0. The van der Waals surface area contributed by atoms with Crippen LogP contribution < -0.4 is 4.52 Å². The summed E-state index contributed by atoms with van der Waals surface area (Å²) in [6.07, 6.45) is 1.71. The smallest absolute Gasteiger partial charge is 0.360 e. The van der Waals surface area contributed by atoms with Crippen LogP contribution in [0.2, 0.25) is 5.02 Å². The van der Waals surface area contributed by atoms with Gasteiger partial charge in [-0.3, -0.25) is 4.57 Å². The Hall–Kier alpha value is 0.460. The van der Waals surface area contributed by atoms with Gasteiger partial charge in [0.25, 0.3) is 0 Å². The lowest BCUT2D eigenvalue weighted by Crippen LogP contribution is -1.89. The zero-order valence-corrected chi connectivity index (χ0v) is 14.6. The molecule has 0 amide bonds. The predicted octanol–water partition coefficient (Wildman–Crippen LogP) is 6.26. The Morgan fingerprint density at radius 2 is 2.28 bits per heavy atom. The van der Waals surface area contributed by atoms with Gasteiger partial charge < -0.3 is 4.52 Å². The fourth-order valence-electron chi connectivity index (χ4n) is 1.06. The highest BCUT2D eigenvalue weighted by Gasteiger charge is 2.26. The molecule has 7 heteroatoms. The third kappa shape index (κ3) is 5.22. The number of rotatable bonds is 7. The van der Waals surface area contributed by atoms with E-state index in [1.165, 1.54) is 22.8 Å². The van der Waals surface area contributed by atoms with Gasteiger partial charge in [0.15, 0.2) is 0 Å². The fraction of sp³-hybridized carbons (Fsp3) is 0.273. The normalized spacial score (nSPS) is 13.9. The highest BCUT2D eigenvalue weighted by molar-refractivity contribution is 9.10. The lowest BCUT2D eigenvalue weighted by atomic mass is 10.3. The van der Waals surface area contributed by atoms with E-state index < -0.39 is 5.77 Å². The Kier molecular flexibility index (Phi) is 7.25. The van der Waals surface area contributed by atoms with Crippen molar-refractivity contribution in [2.24, 2.45) is 0 Å². The van der Waals surface area contributed by atoms with Crippen molar-refractivity contribution in [3.8, 4) is 5.75 Å². The van der Waals surface area contributed by atoms with Crippen molar-refractivity contribution < 1.29 is 9.09 Å². The third-order valence-electron chi connectivity index (χ3n) is 1.74. The Bertz CT molecular complexity index is 470. The summed E-state index contributed by atoms with van der Waals surface area (Å²) in [6, 6.07) is 5.24. The molecule has 0 bridgehead atoms. The minimum absolute atomic E-state index is 0.445. The van der Waals surface area contributed by atoms with Crippen LogP contribution in [0, 0.1) is 0 Å². The van der Waals surface area contributed by atoms with Gasteiger partial charge in [0.2, 0.25) is 0 Å². The van der Waals surface area contributed by atoms with Crippen molar-refractivity contribution in [1.82, 2.24) is 0 Å². The number of benzene rings is 1. The van der Waals surface area contributed by atoms with Crippen molar-refractivity contribution in [2.45, 2.75) is 6.92 Å². The van der Waals surface area contributed by atoms with E-state index in [0.717, 1.165) is 10.2 Å². The minimum atomic E-state index is -2.84. The SMILES string of the molecule is C=CCSP(=O)(Oc1ccc(Br)cc1Cl)SCC. The fourth-order valence-corrected chi connectivity index (χ4v) is 8.01. The average Bonchev–Trinajstić information content (AvgIpc) is 2.31. The zero-order valence-electron chi connectivity index (χ0n) is 9.77. The lowest BCUT2D eigenvalue weighted by Gasteiger charge is -2.17. The Morgan fingerprint density at radius 3 is 2.83 bits per heavy atom. The van der Waals surface area contributed by atoms with Crippen molar-refractivity contribution in [1.29, 1.82) is 0 Å². The Labute approximate surface area is 129 Å². The molecule has 0 fully saturated rings. The highest BCUT2D eigenvalue weighted by Crippen LogP contribution is 2.69. The molecule has 1 aromatic carbocycles. The molecule has 1 aromatic rings. The second-order valence-electron chi connectivity index (χ2n) is 3.12. The number of halogens is 2. The molecule has 0 aliphatic carbocycles. The standard InChI is InChI=1S/C11H13BrClO2PS2/c1-3-7-18-16(14,17-4-2)15-11-6-5-9(12)8-10(11)13/h3,5-6,8H,1,4,7H2,2H3. The van der Waals surface area contributed by atoms with Crippen LogP contribution in [0.15, 0.2) is 35.3 Å². The van der Waals surface area contributed by atoms with Gasteiger partial charge >= 0.3 is 5.77 Å². The van der Waals surface area contributed by atoms with Crippen molar-refractivity contribution in [3.63, 3.8) is 0 Å². The molecule has 2 nitrogen and oxygen atoms in total. The van der Waals surface area contributed by atoms with Gasteiger partial charge in [-0.1, -0.05) is 40.5 Å². The maximum absolute atomic E-state index is 12.6. The second-order valence-corrected chi connectivity index (χ2v) is 12.1. The quantitative estimate of drug-likeness (QED) is 0.407. The molecule has 18 heavy (non-hydrogen) atoms. The van der Waals surface area contributed by atoms with Gasteiger partial charge in [-0.15, -0.1) is 6.58 Å². The van der Waals surface area contributed by atoms with Gasteiger partial charge in [0, 0.05) is 16.0 Å². The first-order valence-corrected chi connectivity index (χ1v) is 11.1. The largest absolute Gasteiger partial charge is 0.427 e. The third-order valence-corrected chi connectivity index (χ3v) is 9.69. The molecule has 1 rings (SSSR count). The van der Waals surface area contributed by atoms with E-state index in [2.05, 4.69) is 22.5 Å². The summed E-state index contributed by atoms with van der Waals surface area (Å²) in [4.78, 5) is 0. The molecule has 0 aliphatic heterocycles. The molecular formula is C11H13BrClO2PS2. The van der Waals surface area contributed by atoms with Crippen LogP contribution in [0.25, 0.3) is 0 Å². The van der Waals surface area contributed by atoms with Crippen LogP contribution in [0.5, 0.6) is 5.75 Å². The van der Waals surface area contributed by atoms with Crippen molar-refractivity contribution >= 4 is 56.1 Å². The van der Waals surface area contributed by atoms with Gasteiger partial charge in [0.05, 0.1) is 5.02 Å². The molecule has 0 heterocycles. The summed E-state index contributed by atoms with van der Waals surface area (Å²) in [5.74, 6) is -1.09. The second kappa shape index (κ2) is 7.91. The van der Waals surface area contributed by atoms with Gasteiger partial charge in [0.1, 0.15) is 5.75 Å². The molecule has 0 aromatic heterocycles. The minimum Gasteiger partial charge on any atom is -0.427 e. The molecule has 1 unspecified atom stereocenters. The van der Waals surface area contributed by atoms with Crippen LogP contribution in [-0.2, 0) is 4.57 Å². The zero-order chi connectivity index (χ0) is 13.6. The Balaban J connectivity index is 2.88. The first-order chi connectivity index (χ1) is 8.50. The monoisotopic (exact) mass is 386 g/mol. The number of hydrogen-bond donors (Lipinski definition) is 0. The van der Waals surface area contributed by atoms with Crippen LogP contribution in [0.3, 0.4) is 0 Å². The van der Waals surface area contributed by atoms with E-state index in [0.29, 0.717) is 16.5 Å². The van der Waals surface area contributed by atoms with Crippen LogP contribution in [-0.4, -0.2) is 11.5 Å². The van der Waals surface area contributed by atoms with Gasteiger partial charge in [-0.2, -0.15) is 0 Å². The van der Waals surface area contributed by atoms with Crippen molar-refractivity contribution in [2.75, 3.05) is 11.5 Å². The topological polar surface area (TPSA) is 26.3 Å². The van der Waals surface area contributed by atoms with E-state index in [1.54, 1.807) is 24.3 Å². The Morgan fingerprint density at radius 1 is 1.56 bits per heavy atom. The molecular weight excluding hydrogens is 375 g/mol. The molecule has 0 saturated carbocycles. The summed E-state index contributed by atoms with van der Waals surface area (Å²) >= 11 is 11.9. The average molecular weight is 388 g/mol.